The SMILES string of the molecule is Cc1cn2nccc(C(F)(F)F)c2n1. The molecule has 2 rings (SSSR count). The Morgan fingerprint density at radius 3 is 2.71 bits per heavy atom. The molecule has 0 radical (unpaired) electrons. The van der Waals surface area contributed by atoms with E-state index in [4.69, 9.17) is 0 Å². The minimum absolute atomic E-state index is 0.155. The summed E-state index contributed by atoms with van der Waals surface area (Å²) >= 11 is 0. The molecule has 2 aromatic heterocycles. The van der Waals surface area contributed by atoms with E-state index in [1.54, 1.807) is 6.92 Å². The number of nitrogens with zero attached hydrogens (tertiary/aromatic N) is 3. The van der Waals surface area contributed by atoms with Gasteiger partial charge in [0.15, 0.2) is 5.65 Å². The zero-order valence-corrected chi connectivity index (χ0v) is 7.21. The molecule has 74 valence electrons. The van der Waals surface area contributed by atoms with Crippen LogP contribution in [0.15, 0.2) is 18.5 Å². The molecule has 0 aliphatic rings. The van der Waals surface area contributed by atoms with Crippen LogP contribution in [-0.2, 0) is 6.18 Å². The highest BCUT2D eigenvalue weighted by molar-refractivity contribution is 5.48. The maximum atomic E-state index is 12.4. The number of rotatable bonds is 0. The van der Waals surface area contributed by atoms with Crippen molar-refractivity contribution < 1.29 is 13.2 Å². The fraction of sp³-hybridized carbons (Fsp3) is 0.250. The largest absolute Gasteiger partial charge is 0.420 e. The summed E-state index contributed by atoms with van der Waals surface area (Å²) in [6, 6.07) is 0.918. The van der Waals surface area contributed by atoms with E-state index in [9.17, 15) is 13.2 Å². The van der Waals surface area contributed by atoms with E-state index in [0.717, 1.165) is 16.8 Å². The molecular weight excluding hydrogens is 195 g/mol. The van der Waals surface area contributed by atoms with Crippen LogP contribution in [0, 0.1) is 6.92 Å². The molecule has 0 saturated heterocycles. The lowest BCUT2D eigenvalue weighted by Crippen LogP contribution is -2.08. The van der Waals surface area contributed by atoms with Crippen molar-refractivity contribution in [2.24, 2.45) is 0 Å². The van der Waals surface area contributed by atoms with Crippen molar-refractivity contribution in [2.75, 3.05) is 0 Å². The lowest BCUT2D eigenvalue weighted by atomic mass is 10.3. The van der Waals surface area contributed by atoms with Crippen LogP contribution >= 0.6 is 0 Å². The van der Waals surface area contributed by atoms with Crippen molar-refractivity contribution >= 4 is 5.65 Å². The maximum absolute atomic E-state index is 12.4. The minimum Gasteiger partial charge on any atom is -0.232 e. The summed E-state index contributed by atoms with van der Waals surface area (Å²) in [5.41, 5.74) is -0.410. The molecule has 0 aliphatic carbocycles. The average Bonchev–Trinajstić information content (AvgIpc) is 2.41. The van der Waals surface area contributed by atoms with Crippen LogP contribution < -0.4 is 0 Å². The van der Waals surface area contributed by atoms with Crippen molar-refractivity contribution in [3.8, 4) is 0 Å². The number of alkyl halides is 3. The fourth-order valence-electron chi connectivity index (χ4n) is 1.23. The van der Waals surface area contributed by atoms with Gasteiger partial charge in [-0.3, -0.25) is 0 Å². The van der Waals surface area contributed by atoms with Gasteiger partial charge in [-0.15, -0.1) is 0 Å². The number of halogens is 3. The molecule has 0 bridgehead atoms. The van der Waals surface area contributed by atoms with E-state index in [-0.39, 0.29) is 5.65 Å². The first-order valence-corrected chi connectivity index (χ1v) is 3.86. The van der Waals surface area contributed by atoms with Gasteiger partial charge >= 0.3 is 6.18 Å². The quantitative estimate of drug-likeness (QED) is 0.653. The third kappa shape index (κ3) is 1.32. The van der Waals surface area contributed by atoms with Gasteiger partial charge < -0.3 is 0 Å². The van der Waals surface area contributed by atoms with Gasteiger partial charge in [-0.2, -0.15) is 18.3 Å². The van der Waals surface area contributed by atoms with E-state index in [2.05, 4.69) is 10.1 Å². The number of imidazole rings is 1. The Morgan fingerprint density at radius 1 is 1.36 bits per heavy atom. The second kappa shape index (κ2) is 2.70. The van der Waals surface area contributed by atoms with E-state index >= 15 is 0 Å². The molecule has 14 heavy (non-hydrogen) atoms. The first-order chi connectivity index (χ1) is 6.48. The van der Waals surface area contributed by atoms with Crippen LogP contribution in [0.1, 0.15) is 11.3 Å². The molecule has 0 N–H and O–H groups in total. The molecule has 0 spiro atoms. The highest BCUT2D eigenvalue weighted by Gasteiger charge is 2.34. The molecule has 2 aromatic rings. The zero-order valence-electron chi connectivity index (χ0n) is 7.21. The molecule has 0 amide bonds. The van der Waals surface area contributed by atoms with Crippen LogP contribution in [0.25, 0.3) is 5.65 Å². The minimum atomic E-state index is -4.39. The lowest BCUT2D eigenvalue weighted by molar-refractivity contribution is -0.136. The molecule has 0 unspecified atom stereocenters. The van der Waals surface area contributed by atoms with Gasteiger partial charge in [0.1, 0.15) is 5.56 Å². The van der Waals surface area contributed by atoms with Crippen molar-refractivity contribution in [1.82, 2.24) is 14.6 Å². The lowest BCUT2D eigenvalue weighted by Gasteiger charge is -2.06. The van der Waals surface area contributed by atoms with Gasteiger partial charge in [0.2, 0.25) is 0 Å². The van der Waals surface area contributed by atoms with Crippen molar-refractivity contribution in [3.63, 3.8) is 0 Å². The predicted octanol–water partition coefficient (Wildman–Crippen LogP) is 2.06. The van der Waals surface area contributed by atoms with Gasteiger partial charge in [-0.25, -0.2) is 9.50 Å². The number of aromatic nitrogens is 3. The van der Waals surface area contributed by atoms with Gasteiger partial charge in [0.05, 0.1) is 11.9 Å². The Bertz CT molecular complexity index is 472. The summed E-state index contributed by atoms with van der Waals surface area (Å²) in [4.78, 5) is 3.76. The smallest absolute Gasteiger partial charge is 0.232 e. The highest BCUT2D eigenvalue weighted by Crippen LogP contribution is 2.31. The standard InChI is InChI=1S/C8H6F3N3/c1-5-4-14-7(13-5)6(2-3-12-14)8(9,10)11/h2-4H,1H3. The molecule has 0 fully saturated rings. The van der Waals surface area contributed by atoms with Crippen LogP contribution in [-0.4, -0.2) is 14.6 Å². The summed E-state index contributed by atoms with van der Waals surface area (Å²) in [6.45, 7) is 1.62. The number of aryl methyl sites for hydroxylation is 1. The summed E-state index contributed by atoms with van der Waals surface area (Å²) in [7, 11) is 0. The fourth-order valence-corrected chi connectivity index (χ4v) is 1.23. The summed E-state index contributed by atoms with van der Waals surface area (Å²) in [5, 5.41) is 3.73. The first-order valence-electron chi connectivity index (χ1n) is 3.86. The topological polar surface area (TPSA) is 30.2 Å². The normalized spacial score (nSPS) is 12.3. The van der Waals surface area contributed by atoms with Crippen molar-refractivity contribution in [1.29, 1.82) is 0 Å². The Labute approximate surface area is 77.2 Å². The van der Waals surface area contributed by atoms with Gasteiger partial charge in [-0.1, -0.05) is 0 Å². The van der Waals surface area contributed by atoms with E-state index in [1.807, 2.05) is 0 Å². The maximum Gasteiger partial charge on any atom is 0.420 e. The third-order valence-corrected chi connectivity index (χ3v) is 1.79. The van der Waals surface area contributed by atoms with E-state index in [1.165, 1.54) is 6.20 Å². The summed E-state index contributed by atoms with van der Waals surface area (Å²) < 4.78 is 38.5. The van der Waals surface area contributed by atoms with Crippen LogP contribution in [0.2, 0.25) is 0 Å². The molecule has 0 atom stereocenters. The van der Waals surface area contributed by atoms with Crippen LogP contribution in [0.3, 0.4) is 0 Å². The third-order valence-electron chi connectivity index (χ3n) is 1.79. The molecule has 0 aliphatic heterocycles. The van der Waals surface area contributed by atoms with E-state index in [0.29, 0.717) is 5.69 Å². The monoisotopic (exact) mass is 201 g/mol. The first kappa shape index (κ1) is 8.98. The molecule has 0 saturated carbocycles. The average molecular weight is 201 g/mol. The molecule has 0 aromatic carbocycles. The Balaban J connectivity index is 2.77. The van der Waals surface area contributed by atoms with Gasteiger partial charge in [0.25, 0.3) is 0 Å². The second-order valence-corrected chi connectivity index (χ2v) is 2.89. The van der Waals surface area contributed by atoms with Crippen molar-refractivity contribution in [2.45, 2.75) is 13.1 Å². The summed E-state index contributed by atoms with van der Waals surface area (Å²) in [6.07, 6.45) is -1.83. The Morgan fingerprint density at radius 2 is 2.07 bits per heavy atom. The van der Waals surface area contributed by atoms with Crippen molar-refractivity contribution in [3.05, 3.63) is 29.7 Å². The van der Waals surface area contributed by atoms with Crippen LogP contribution in [0.5, 0.6) is 0 Å². The molecule has 6 heteroatoms. The Kier molecular flexibility index (Phi) is 1.73. The van der Waals surface area contributed by atoms with Crippen LogP contribution in [0.4, 0.5) is 13.2 Å². The Hall–Kier alpha value is -1.59. The van der Waals surface area contributed by atoms with Gasteiger partial charge in [-0.05, 0) is 13.0 Å². The molecular formula is C8H6F3N3. The predicted molar refractivity (Wildman–Crippen MR) is 42.7 cm³/mol. The highest BCUT2D eigenvalue weighted by atomic mass is 19.4. The van der Waals surface area contributed by atoms with Gasteiger partial charge in [0, 0.05) is 6.20 Å². The number of hydrogen-bond acceptors (Lipinski definition) is 2. The zero-order chi connectivity index (χ0) is 10.3. The second-order valence-electron chi connectivity index (χ2n) is 2.89. The number of fused-ring (bicyclic) bond motifs is 1. The number of hydrogen-bond donors (Lipinski definition) is 0. The van der Waals surface area contributed by atoms with E-state index < -0.39 is 11.7 Å². The summed E-state index contributed by atoms with van der Waals surface area (Å²) in [5.74, 6) is 0. The molecule has 2 heterocycles. The molecule has 3 nitrogen and oxygen atoms in total.